The van der Waals surface area contributed by atoms with Crippen LogP contribution in [0.15, 0.2) is 30.3 Å². The van der Waals surface area contributed by atoms with Gasteiger partial charge < -0.3 is 14.7 Å². The van der Waals surface area contributed by atoms with Crippen LogP contribution in [0.3, 0.4) is 0 Å². The molecule has 28 heavy (non-hydrogen) atoms. The van der Waals surface area contributed by atoms with Crippen molar-refractivity contribution in [2.75, 3.05) is 52.9 Å². The average Bonchev–Trinajstić information content (AvgIpc) is 2.68. The highest BCUT2D eigenvalue weighted by Crippen LogP contribution is 2.22. The Hall–Kier alpha value is -1.96. The van der Waals surface area contributed by atoms with E-state index in [1.807, 2.05) is 11.0 Å². The lowest BCUT2D eigenvalue weighted by molar-refractivity contribution is -0.146. The number of carboxylic acids is 1. The Labute approximate surface area is 166 Å². The number of morpholine rings is 1. The number of benzene rings is 1. The van der Waals surface area contributed by atoms with Gasteiger partial charge in [0.25, 0.3) is 0 Å². The first-order valence-electron chi connectivity index (χ1n) is 10.1. The van der Waals surface area contributed by atoms with E-state index >= 15 is 0 Å². The number of likely N-dealkylation sites (tertiary alicyclic amines) is 1. The molecular weight excluding hydrogens is 358 g/mol. The highest BCUT2D eigenvalue weighted by Gasteiger charge is 2.32. The second kappa shape index (κ2) is 10.0. The molecule has 2 fully saturated rings. The number of ether oxygens (including phenoxy) is 1. The predicted molar refractivity (Wildman–Crippen MR) is 106 cm³/mol. The summed E-state index contributed by atoms with van der Waals surface area (Å²) in [5.41, 5.74) is 1.28. The number of hydrogen-bond donors (Lipinski definition) is 1. The number of carboxylic acid groups (broad SMARTS) is 1. The maximum atomic E-state index is 13.1. The Bertz CT molecular complexity index is 654. The minimum Gasteiger partial charge on any atom is -0.480 e. The van der Waals surface area contributed by atoms with Crippen LogP contribution in [0.4, 0.5) is 0 Å². The number of amides is 1. The number of aliphatic carboxylic acids is 1. The van der Waals surface area contributed by atoms with Gasteiger partial charge in [0.1, 0.15) is 0 Å². The lowest BCUT2D eigenvalue weighted by Crippen LogP contribution is -2.53. The van der Waals surface area contributed by atoms with Crippen LogP contribution in [0, 0.1) is 5.92 Å². The van der Waals surface area contributed by atoms with Crippen LogP contribution in [0.5, 0.6) is 0 Å². The summed E-state index contributed by atoms with van der Waals surface area (Å²) in [5.74, 6) is -0.605. The fourth-order valence-electron chi connectivity index (χ4n) is 4.17. The maximum absolute atomic E-state index is 13.1. The molecule has 0 bridgehead atoms. The van der Waals surface area contributed by atoms with Crippen LogP contribution in [0.2, 0.25) is 0 Å². The molecule has 154 valence electrons. The lowest BCUT2D eigenvalue weighted by atomic mass is 9.95. The molecule has 2 heterocycles. The van der Waals surface area contributed by atoms with E-state index in [9.17, 15) is 9.59 Å². The van der Waals surface area contributed by atoms with Crippen molar-refractivity contribution >= 4 is 11.9 Å². The van der Waals surface area contributed by atoms with Crippen LogP contribution in [-0.2, 0) is 20.9 Å². The van der Waals surface area contributed by atoms with Gasteiger partial charge >= 0.3 is 5.97 Å². The topological polar surface area (TPSA) is 73.3 Å². The number of nitrogens with zero attached hydrogens (tertiary/aromatic N) is 3. The molecule has 0 spiro atoms. The third kappa shape index (κ3) is 6.02. The van der Waals surface area contributed by atoms with Gasteiger partial charge in [0, 0.05) is 32.7 Å². The van der Waals surface area contributed by atoms with Gasteiger partial charge in [0.15, 0.2) is 0 Å². The molecule has 0 aromatic heterocycles. The van der Waals surface area contributed by atoms with E-state index in [2.05, 4.69) is 29.2 Å². The number of likely N-dealkylation sites (N-methyl/N-ethyl adjacent to an activating group) is 1. The van der Waals surface area contributed by atoms with E-state index in [1.54, 1.807) is 11.9 Å². The zero-order chi connectivity index (χ0) is 19.9. The molecule has 2 atom stereocenters. The minimum atomic E-state index is -0.855. The molecule has 0 saturated carbocycles. The van der Waals surface area contributed by atoms with Gasteiger partial charge in [-0.25, -0.2) is 0 Å². The van der Waals surface area contributed by atoms with Crippen LogP contribution >= 0.6 is 0 Å². The van der Waals surface area contributed by atoms with Gasteiger partial charge in [-0.2, -0.15) is 0 Å². The first kappa shape index (κ1) is 20.8. The molecule has 1 aromatic carbocycles. The first-order valence-corrected chi connectivity index (χ1v) is 10.1. The van der Waals surface area contributed by atoms with Crippen LogP contribution < -0.4 is 0 Å². The van der Waals surface area contributed by atoms with Gasteiger partial charge in [0.05, 0.1) is 25.2 Å². The fourth-order valence-corrected chi connectivity index (χ4v) is 4.17. The van der Waals surface area contributed by atoms with E-state index in [4.69, 9.17) is 9.84 Å². The molecule has 3 rings (SSSR count). The Balaban J connectivity index is 1.51. The zero-order valence-electron chi connectivity index (χ0n) is 16.6. The van der Waals surface area contributed by atoms with Crippen molar-refractivity contribution in [3.05, 3.63) is 35.9 Å². The number of piperidine rings is 1. The summed E-state index contributed by atoms with van der Waals surface area (Å²) in [5, 5.41) is 8.90. The second-order valence-corrected chi connectivity index (χ2v) is 7.93. The van der Waals surface area contributed by atoms with Crippen LogP contribution in [0.1, 0.15) is 18.4 Å². The first-order chi connectivity index (χ1) is 13.5. The Morgan fingerprint density at radius 1 is 1.21 bits per heavy atom. The molecule has 2 aliphatic rings. The maximum Gasteiger partial charge on any atom is 0.317 e. The highest BCUT2D eigenvalue weighted by molar-refractivity contribution is 5.79. The molecule has 7 nitrogen and oxygen atoms in total. The summed E-state index contributed by atoms with van der Waals surface area (Å²) in [4.78, 5) is 30.0. The van der Waals surface area contributed by atoms with Gasteiger partial charge in [-0.3, -0.25) is 19.4 Å². The minimum absolute atomic E-state index is 0.0229. The summed E-state index contributed by atoms with van der Waals surface area (Å²) in [7, 11) is 1.76. The number of carbonyl (C=O) groups is 2. The van der Waals surface area contributed by atoms with Gasteiger partial charge in [-0.15, -0.1) is 0 Å². The van der Waals surface area contributed by atoms with E-state index < -0.39 is 5.97 Å². The smallest absolute Gasteiger partial charge is 0.317 e. The van der Waals surface area contributed by atoms with E-state index in [0.29, 0.717) is 26.2 Å². The monoisotopic (exact) mass is 389 g/mol. The Morgan fingerprint density at radius 3 is 2.75 bits per heavy atom. The third-order valence-electron chi connectivity index (χ3n) is 5.47. The number of hydrogen-bond acceptors (Lipinski definition) is 5. The number of carbonyl (C=O) groups excluding carboxylic acids is 1. The summed E-state index contributed by atoms with van der Waals surface area (Å²) in [6.07, 6.45) is 1.84. The molecule has 2 saturated heterocycles. The van der Waals surface area contributed by atoms with Gasteiger partial charge in [0.2, 0.25) is 5.91 Å². The fraction of sp³-hybridized carbons (Fsp3) is 0.619. The van der Waals surface area contributed by atoms with Crippen molar-refractivity contribution in [1.82, 2.24) is 14.7 Å². The Kier molecular flexibility index (Phi) is 7.42. The zero-order valence-corrected chi connectivity index (χ0v) is 16.6. The molecule has 1 aromatic rings. The number of rotatable bonds is 7. The molecular formula is C21H31N3O4. The molecule has 1 amide bonds. The summed E-state index contributed by atoms with van der Waals surface area (Å²) in [6.45, 7) is 4.88. The third-order valence-corrected chi connectivity index (χ3v) is 5.47. The van der Waals surface area contributed by atoms with Crippen LogP contribution in [-0.4, -0.2) is 90.7 Å². The molecule has 2 aliphatic heterocycles. The second-order valence-electron chi connectivity index (χ2n) is 7.93. The van der Waals surface area contributed by atoms with Crippen molar-refractivity contribution < 1.29 is 19.4 Å². The van der Waals surface area contributed by atoms with E-state index in [0.717, 1.165) is 32.5 Å². The standard InChI is InChI=1S/C21H31N3O4/c1-22(16-20(25)26)14-19-15-24(10-11-28-19)21(27)18-8-5-9-23(13-18)12-17-6-3-2-4-7-17/h2-4,6-7,18-19H,5,8-16H2,1H3,(H,25,26). The predicted octanol–water partition coefficient (Wildman–Crippen LogP) is 1.14. The summed E-state index contributed by atoms with van der Waals surface area (Å²) >= 11 is 0. The molecule has 7 heteroatoms. The van der Waals surface area contributed by atoms with Gasteiger partial charge in [-0.05, 0) is 32.0 Å². The molecule has 1 N–H and O–H groups in total. The van der Waals surface area contributed by atoms with Crippen molar-refractivity contribution in [2.24, 2.45) is 5.92 Å². The molecule has 2 unspecified atom stereocenters. The van der Waals surface area contributed by atoms with E-state index in [-0.39, 0.29) is 24.5 Å². The van der Waals surface area contributed by atoms with Crippen LogP contribution in [0.25, 0.3) is 0 Å². The summed E-state index contributed by atoms with van der Waals surface area (Å²) < 4.78 is 5.76. The van der Waals surface area contributed by atoms with Gasteiger partial charge in [-0.1, -0.05) is 30.3 Å². The quantitative estimate of drug-likeness (QED) is 0.754. The highest BCUT2D eigenvalue weighted by atomic mass is 16.5. The molecule has 0 radical (unpaired) electrons. The van der Waals surface area contributed by atoms with Crippen molar-refractivity contribution in [3.63, 3.8) is 0 Å². The van der Waals surface area contributed by atoms with E-state index in [1.165, 1.54) is 5.56 Å². The van der Waals surface area contributed by atoms with Crippen molar-refractivity contribution in [2.45, 2.75) is 25.5 Å². The largest absolute Gasteiger partial charge is 0.480 e. The normalized spacial score (nSPS) is 23.7. The Morgan fingerprint density at radius 2 is 2.00 bits per heavy atom. The average molecular weight is 389 g/mol. The summed E-state index contributed by atoms with van der Waals surface area (Å²) in [6, 6.07) is 10.4. The SMILES string of the molecule is CN(CC(=O)O)CC1CN(C(=O)C2CCCN(Cc3ccccc3)C2)CCO1. The molecule has 0 aliphatic carbocycles. The van der Waals surface area contributed by atoms with Crippen molar-refractivity contribution in [1.29, 1.82) is 0 Å². The lowest BCUT2D eigenvalue weighted by Gasteiger charge is -2.39. The van der Waals surface area contributed by atoms with Crippen molar-refractivity contribution in [3.8, 4) is 0 Å².